The van der Waals surface area contributed by atoms with E-state index in [-0.39, 0.29) is 30.4 Å². The Morgan fingerprint density at radius 1 is 1.11 bits per heavy atom. The molecule has 1 aromatic rings. The number of alkyl halides is 3. The third-order valence-corrected chi connectivity index (χ3v) is 4.19. The molecule has 8 heteroatoms. The summed E-state index contributed by atoms with van der Waals surface area (Å²) in [5.41, 5.74) is -0.730. The van der Waals surface area contributed by atoms with Gasteiger partial charge >= 0.3 is 6.18 Å². The lowest BCUT2D eigenvalue weighted by atomic mass is 10.0. The van der Waals surface area contributed by atoms with Crippen molar-refractivity contribution in [3.63, 3.8) is 0 Å². The van der Waals surface area contributed by atoms with Crippen LogP contribution in [0.4, 0.5) is 18.9 Å². The molecule has 0 aromatic heterocycles. The lowest BCUT2D eigenvalue weighted by Gasteiger charge is -2.18. The molecule has 0 aliphatic carbocycles. The average Bonchev–Trinajstić information content (AvgIpc) is 2.58. The fourth-order valence-electron chi connectivity index (χ4n) is 2.66. The van der Waals surface area contributed by atoms with E-state index >= 15 is 0 Å². The summed E-state index contributed by atoms with van der Waals surface area (Å²) in [5.74, 6) is -0.774. The van der Waals surface area contributed by atoms with Gasteiger partial charge in [0.05, 0.1) is 5.56 Å². The minimum Gasteiger partial charge on any atom is -0.355 e. The Morgan fingerprint density at radius 2 is 1.74 bits per heavy atom. The fourth-order valence-corrected chi connectivity index (χ4v) is 2.66. The molecular formula is C19H28F3N3O2. The first-order valence-electron chi connectivity index (χ1n) is 9.11. The average molecular weight is 387 g/mol. The maximum absolute atomic E-state index is 12.7. The van der Waals surface area contributed by atoms with Crippen molar-refractivity contribution in [2.45, 2.75) is 39.8 Å². The molecule has 0 bridgehead atoms. The summed E-state index contributed by atoms with van der Waals surface area (Å²) in [5, 5.41) is 5.28. The van der Waals surface area contributed by atoms with Crippen molar-refractivity contribution in [2.24, 2.45) is 5.92 Å². The van der Waals surface area contributed by atoms with E-state index in [0.717, 1.165) is 31.8 Å². The van der Waals surface area contributed by atoms with Gasteiger partial charge < -0.3 is 15.5 Å². The lowest BCUT2D eigenvalue weighted by molar-refractivity contribution is -0.137. The number of hydrogen-bond donors (Lipinski definition) is 2. The van der Waals surface area contributed by atoms with Crippen molar-refractivity contribution < 1.29 is 22.8 Å². The number of anilines is 1. The number of amides is 2. The minimum absolute atomic E-state index is 0.0553. The molecule has 1 rings (SSSR count). The van der Waals surface area contributed by atoms with Crippen LogP contribution in [0.3, 0.4) is 0 Å². The molecule has 0 aliphatic rings. The molecule has 0 heterocycles. The van der Waals surface area contributed by atoms with Crippen LogP contribution in [-0.2, 0) is 15.8 Å². The number of rotatable bonds is 10. The maximum atomic E-state index is 12.7. The van der Waals surface area contributed by atoms with Gasteiger partial charge in [-0.15, -0.1) is 0 Å². The molecule has 1 atom stereocenters. The van der Waals surface area contributed by atoms with Crippen LogP contribution in [0.1, 0.15) is 39.2 Å². The molecule has 2 N–H and O–H groups in total. The first-order valence-corrected chi connectivity index (χ1v) is 9.11. The zero-order valence-corrected chi connectivity index (χ0v) is 16.0. The van der Waals surface area contributed by atoms with Crippen LogP contribution in [0.25, 0.3) is 0 Å². The summed E-state index contributed by atoms with van der Waals surface area (Å²) in [7, 11) is 0. The normalized spacial score (nSPS) is 12.7. The highest BCUT2D eigenvalue weighted by Crippen LogP contribution is 2.30. The molecule has 0 spiro atoms. The third-order valence-electron chi connectivity index (χ3n) is 4.19. The number of carbonyl (C=O) groups is 2. The van der Waals surface area contributed by atoms with Gasteiger partial charge in [-0.2, -0.15) is 13.2 Å². The SMILES string of the molecule is CCN(CC)CCNC(=O)CC(C)CC(=O)Nc1cccc(C(F)(F)F)c1. The highest BCUT2D eigenvalue weighted by Gasteiger charge is 2.30. The zero-order valence-electron chi connectivity index (χ0n) is 16.0. The van der Waals surface area contributed by atoms with E-state index in [2.05, 4.69) is 29.4 Å². The molecule has 0 fully saturated rings. The predicted octanol–water partition coefficient (Wildman–Crippen LogP) is 3.52. The molecule has 0 saturated heterocycles. The molecule has 152 valence electrons. The monoisotopic (exact) mass is 387 g/mol. The van der Waals surface area contributed by atoms with Crippen molar-refractivity contribution in [2.75, 3.05) is 31.5 Å². The second-order valence-electron chi connectivity index (χ2n) is 6.52. The predicted molar refractivity (Wildman–Crippen MR) is 99.3 cm³/mol. The van der Waals surface area contributed by atoms with Crippen LogP contribution < -0.4 is 10.6 Å². The number of nitrogens with zero attached hydrogens (tertiary/aromatic N) is 1. The van der Waals surface area contributed by atoms with Gasteiger partial charge in [-0.25, -0.2) is 0 Å². The smallest absolute Gasteiger partial charge is 0.355 e. The van der Waals surface area contributed by atoms with Gasteiger partial charge in [0.1, 0.15) is 0 Å². The van der Waals surface area contributed by atoms with Crippen LogP contribution in [0.5, 0.6) is 0 Å². The number of nitrogens with one attached hydrogen (secondary N) is 2. The van der Waals surface area contributed by atoms with Crippen LogP contribution in [0, 0.1) is 5.92 Å². The summed E-state index contributed by atoms with van der Waals surface area (Å²) in [6.07, 6.45) is -4.22. The Morgan fingerprint density at radius 3 is 2.33 bits per heavy atom. The summed E-state index contributed by atoms with van der Waals surface area (Å²) >= 11 is 0. The molecule has 1 aromatic carbocycles. The first-order chi connectivity index (χ1) is 12.7. The molecule has 0 radical (unpaired) electrons. The van der Waals surface area contributed by atoms with E-state index < -0.39 is 17.6 Å². The van der Waals surface area contributed by atoms with Crippen molar-refractivity contribution in [1.82, 2.24) is 10.2 Å². The summed E-state index contributed by atoms with van der Waals surface area (Å²) in [6, 6.07) is 4.48. The van der Waals surface area contributed by atoms with E-state index in [9.17, 15) is 22.8 Å². The Kier molecular flexibility index (Phi) is 9.28. The van der Waals surface area contributed by atoms with Gasteiger partial charge in [0.25, 0.3) is 0 Å². The Bertz CT molecular complexity index is 616. The zero-order chi connectivity index (χ0) is 20.4. The Labute approximate surface area is 158 Å². The van der Waals surface area contributed by atoms with Crippen LogP contribution in [-0.4, -0.2) is 42.9 Å². The van der Waals surface area contributed by atoms with E-state index in [1.54, 1.807) is 6.92 Å². The van der Waals surface area contributed by atoms with Gasteiger partial charge in [-0.05, 0) is 37.2 Å². The first kappa shape index (κ1) is 23.0. The van der Waals surface area contributed by atoms with Crippen LogP contribution in [0.2, 0.25) is 0 Å². The van der Waals surface area contributed by atoms with Gasteiger partial charge in [0.15, 0.2) is 0 Å². The summed E-state index contributed by atoms with van der Waals surface area (Å²) < 4.78 is 38.1. The highest BCUT2D eigenvalue weighted by atomic mass is 19.4. The van der Waals surface area contributed by atoms with E-state index in [0.29, 0.717) is 6.54 Å². The quantitative estimate of drug-likeness (QED) is 0.646. The largest absolute Gasteiger partial charge is 0.416 e. The van der Waals surface area contributed by atoms with Gasteiger partial charge in [-0.3, -0.25) is 9.59 Å². The number of benzene rings is 1. The molecule has 0 saturated carbocycles. The van der Waals surface area contributed by atoms with Crippen molar-refractivity contribution >= 4 is 17.5 Å². The number of carbonyl (C=O) groups excluding carboxylic acids is 2. The van der Waals surface area contributed by atoms with E-state index in [1.165, 1.54) is 12.1 Å². The summed E-state index contributed by atoms with van der Waals surface area (Å²) in [6.45, 7) is 9.01. The summed E-state index contributed by atoms with van der Waals surface area (Å²) in [4.78, 5) is 26.1. The van der Waals surface area contributed by atoms with Crippen LogP contribution in [0.15, 0.2) is 24.3 Å². The van der Waals surface area contributed by atoms with E-state index in [4.69, 9.17) is 0 Å². The number of halogens is 3. The highest BCUT2D eigenvalue weighted by molar-refractivity contribution is 5.91. The maximum Gasteiger partial charge on any atom is 0.416 e. The number of likely N-dealkylation sites (N-methyl/N-ethyl adjacent to an activating group) is 1. The molecule has 27 heavy (non-hydrogen) atoms. The van der Waals surface area contributed by atoms with Gasteiger partial charge in [0.2, 0.25) is 11.8 Å². The standard InChI is InChI=1S/C19H28F3N3O2/c1-4-25(5-2)10-9-23-17(26)11-14(3)12-18(27)24-16-8-6-7-15(13-16)19(20,21)22/h6-8,13-14H,4-5,9-12H2,1-3H3,(H,23,26)(H,24,27). The van der Waals surface area contributed by atoms with Crippen LogP contribution >= 0.6 is 0 Å². The van der Waals surface area contributed by atoms with Crippen molar-refractivity contribution in [3.8, 4) is 0 Å². The second kappa shape index (κ2) is 10.9. The molecular weight excluding hydrogens is 359 g/mol. The van der Waals surface area contributed by atoms with Gasteiger partial charge in [0, 0.05) is 31.6 Å². The number of hydrogen-bond acceptors (Lipinski definition) is 3. The molecule has 0 aliphatic heterocycles. The molecule has 5 nitrogen and oxygen atoms in total. The van der Waals surface area contributed by atoms with E-state index in [1.807, 2.05) is 0 Å². The van der Waals surface area contributed by atoms with Gasteiger partial charge in [-0.1, -0.05) is 26.8 Å². The Balaban J connectivity index is 2.41. The molecule has 2 amide bonds. The topological polar surface area (TPSA) is 61.4 Å². The van der Waals surface area contributed by atoms with Crippen molar-refractivity contribution in [1.29, 1.82) is 0 Å². The fraction of sp³-hybridized carbons (Fsp3) is 0.579. The second-order valence-corrected chi connectivity index (χ2v) is 6.52. The van der Waals surface area contributed by atoms with Crippen molar-refractivity contribution in [3.05, 3.63) is 29.8 Å². The third kappa shape index (κ3) is 8.90. The lowest BCUT2D eigenvalue weighted by Crippen LogP contribution is -2.35. The molecule has 1 unspecified atom stereocenters. The minimum atomic E-state index is -4.46. The Hall–Kier alpha value is -2.09.